The Labute approximate surface area is 169 Å². The summed E-state index contributed by atoms with van der Waals surface area (Å²) >= 11 is 0. The summed E-state index contributed by atoms with van der Waals surface area (Å²) in [5.41, 5.74) is 1.72. The van der Waals surface area contributed by atoms with Crippen LogP contribution >= 0.6 is 0 Å². The van der Waals surface area contributed by atoms with E-state index in [4.69, 9.17) is 4.74 Å². The Morgan fingerprint density at radius 2 is 2.21 bits per heavy atom. The zero-order valence-electron chi connectivity index (χ0n) is 17.1. The number of aromatic amines is 1. The van der Waals surface area contributed by atoms with E-state index >= 15 is 0 Å². The fraction of sp³-hybridized carbons (Fsp3) is 0.600. The molecular formula is C20H28N6O3. The predicted molar refractivity (Wildman–Crippen MR) is 106 cm³/mol. The molecule has 0 bridgehead atoms. The second-order valence-corrected chi connectivity index (χ2v) is 8.69. The zero-order valence-corrected chi connectivity index (χ0v) is 17.1. The minimum atomic E-state index is -0.208. The van der Waals surface area contributed by atoms with Gasteiger partial charge in [0.2, 0.25) is 5.91 Å². The lowest BCUT2D eigenvalue weighted by Gasteiger charge is -2.47. The molecule has 2 aromatic heterocycles. The molecule has 0 unspecified atom stereocenters. The molecule has 0 spiro atoms. The van der Waals surface area contributed by atoms with E-state index < -0.39 is 0 Å². The highest BCUT2D eigenvalue weighted by Crippen LogP contribution is 2.37. The van der Waals surface area contributed by atoms with Crippen molar-refractivity contribution in [1.29, 1.82) is 0 Å². The van der Waals surface area contributed by atoms with E-state index in [0.29, 0.717) is 5.82 Å². The fourth-order valence-electron chi connectivity index (χ4n) is 4.09. The number of hydrogen-bond acceptors (Lipinski definition) is 5. The Morgan fingerprint density at radius 1 is 1.38 bits per heavy atom. The third-order valence-electron chi connectivity index (χ3n) is 5.98. The molecule has 3 heterocycles. The van der Waals surface area contributed by atoms with Gasteiger partial charge in [-0.1, -0.05) is 0 Å². The summed E-state index contributed by atoms with van der Waals surface area (Å²) in [5.74, 6) is 0.622. The first-order valence-corrected chi connectivity index (χ1v) is 10.1. The van der Waals surface area contributed by atoms with E-state index in [0.717, 1.165) is 43.5 Å². The van der Waals surface area contributed by atoms with Crippen molar-refractivity contribution < 1.29 is 14.3 Å². The first kappa shape index (κ1) is 19.5. The van der Waals surface area contributed by atoms with Crippen LogP contribution in [0.2, 0.25) is 0 Å². The maximum Gasteiger partial charge on any atom is 0.410 e. The topological polar surface area (TPSA) is 105 Å². The Kier molecular flexibility index (Phi) is 5.06. The van der Waals surface area contributed by atoms with Crippen molar-refractivity contribution in [2.45, 2.75) is 63.5 Å². The van der Waals surface area contributed by atoms with Gasteiger partial charge in [-0.05, 0) is 45.1 Å². The number of carbonyl (C=O) groups excluding carboxylic acids is 2. The molecule has 2 amide bonds. The quantitative estimate of drug-likeness (QED) is 0.803. The summed E-state index contributed by atoms with van der Waals surface area (Å²) in [6.07, 6.45) is 7.01. The highest BCUT2D eigenvalue weighted by Gasteiger charge is 2.41. The molecule has 2 atom stereocenters. The van der Waals surface area contributed by atoms with Crippen molar-refractivity contribution in [2.24, 2.45) is 7.05 Å². The van der Waals surface area contributed by atoms with Crippen molar-refractivity contribution in [2.75, 3.05) is 11.9 Å². The zero-order chi connectivity index (χ0) is 20.6. The molecule has 2 aromatic rings. The third-order valence-corrected chi connectivity index (χ3v) is 5.98. The highest BCUT2D eigenvalue weighted by molar-refractivity contribution is 5.91. The van der Waals surface area contributed by atoms with E-state index in [1.54, 1.807) is 15.8 Å². The minimum absolute atomic E-state index is 0.0733. The van der Waals surface area contributed by atoms with Crippen LogP contribution in [0.3, 0.4) is 0 Å². The van der Waals surface area contributed by atoms with Crippen LogP contribution in [0.1, 0.15) is 56.7 Å². The van der Waals surface area contributed by atoms with Crippen LogP contribution in [0.25, 0.3) is 0 Å². The maximum absolute atomic E-state index is 12.3. The van der Waals surface area contributed by atoms with E-state index in [9.17, 15) is 9.59 Å². The van der Waals surface area contributed by atoms with Gasteiger partial charge in [0.25, 0.3) is 0 Å². The molecular weight excluding hydrogens is 372 g/mol. The second kappa shape index (κ2) is 7.53. The number of amides is 2. The molecule has 1 aliphatic carbocycles. The standard InChI is InChI=1S/C20H28N6O3/c1-20(2)6-7-26(20)19(28)29-15-5-4-14(9-15)16-10-17(24-23-16)22-18(27)8-13-11-21-25(3)12-13/h10-12,14-15H,4-9H2,1-3H3,(H2,22,23,24,27)/t14-,15+/m0/s1. The van der Waals surface area contributed by atoms with E-state index in [1.807, 2.05) is 19.3 Å². The number of nitrogens with zero attached hydrogens (tertiary/aromatic N) is 4. The van der Waals surface area contributed by atoms with Gasteiger partial charge in [0.05, 0.1) is 12.6 Å². The number of hydrogen-bond donors (Lipinski definition) is 2. The van der Waals surface area contributed by atoms with Crippen LogP contribution in [0.15, 0.2) is 18.5 Å². The number of aryl methyl sites for hydroxylation is 1. The molecule has 156 valence electrons. The van der Waals surface area contributed by atoms with Gasteiger partial charge in [0.1, 0.15) is 6.10 Å². The average molecular weight is 400 g/mol. The molecule has 2 aliphatic rings. The van der Waals surface area contributed by atoms with Crippen LogP contribution in [-0.4, -0.2) is 55.1 Å². The average Bonchev–Trinajstić information content (AvgIpc) is 3.36. The molecule has 2 N–H and O–H groups in total. The van der Waals surface area contributed by atoms with Crippen molar-refractivity contribution >= 4 is 17.8 Å². The van der Waals surface area contributed by atoms with Crippen molar-refractivity contribution in [3.63, 3.8) is 0 Å². The predicted octanol–water partition coefficient (Wildman–Crippen LogP) is 2.58. The van der Waals surface area contributed by atoms with Gasteiger partial charge < -0.3 is 15.0 Å². The van der Waals surface area contributed by atoms with Crippen LogP contribution in [0, 0.1) is 0 Å². The van der Waals surface area contributed by atoms with Crippen LogP contribution in [-0.2, 0) is 23.0 Å². The second-order valence-electron chi connectivity index (χ2n) is 8.69. The van der Waals surface area contributed by atoms with Gasteiger partial charge in [-0.15, -0.1) is 0 Å². The summed E-state index contributed by atoms with van der Waals surface area (Å²) in [6.45, 7) is 4.89. The molecule has 0 aromatic carbocycles. The number of H-pyrrole nitrogens is 1. The third kappa shape index (κ3) is 4.28. The number of nitrogens with one attached hydrogen (secondary N) is 2. The number of rotatable bonds is 5. The summed E-state index contributed by atoms with van der Waals surface area (Å²) in [5, 5.41) is 14.1. The molecule has 4 rings (SSSR count). The van der Waals surface area contributed by atoms with E-state index in [1.165, 1.54) is 0 Å². The molecule has 1 aliphatic heterocycles. The largest absolute Gasteiger partial charge is 0.446 e. The molecule has 2 fully saturated rings. The first-order valence-electron chi connectivity index (χ1n) is 10.1. The number of carbonyl (C=O) groups is 2. The van der Waals surface area contributed by atoms with Crippen molar-refractivity contribution in [1.82, 2.24) is 24.9 Å². The monoisotopic (exact) mass is 400 g/mol. The minimum Gasteiger partial charge on any atom is -0.446 e. The molecule has 29 heavy (non-hydrogen) atoms. The van der Waals surface area contributed by atoms with Gasteiger partial charge in [0.15, 0.2) is 5.82 Å². The number of ether oxygens (including phenoxy) is 1. The Hall–Kier alpha value is -2.84. The number of likely N-dealkylation sites (tertiary alicyclic amines) is 1. The lowest BCUT2D eigenvalue weighted by atomic mass is 9.90. The van der Waals surface area contributed by atoms with Crippen LogP contribution in [0.4, 0.5) is 10.6 Å². The Balaban J connectivity index is 1.27. The van der Waals surface area contributed by atoms with E-state index in [2.05, 4.69) is 34.5 Å². The van der Waals surface area contributed by atoms with Gasteiger partial charge in [0, 0.05) is 43.0 Å². The summed E-state index contributed by atoms with van der Waals surface area (Å²) in [4.78, 5) is 26.3. The first-order chi connectivity index (χ1) is 13.8. The molecule has 9 heteroatoms. The van der Waals surface area contributed by atoms with Crippen LogP contribution in [0.5, 0.6) is 0 Å². The molecule has 0 radical (unpaired) electrons. The van der Waals surface area contributed by atoms with Gasteiger partial charge in [-0.25, -0.2) is 4.79 Å². The molecule has 1 saturated heterocycles. The maximum atomic E-state index is 12.3. The summed E-state index contributed by atoms with van der Waals surface area (Å²) < 4.78 is 7.39. The lowest BCUT2D eigenvalue weighted by Crippen LogP contribution is -2.58. The SMILES string of the molecule is Cn1cc(CC(=O)Nc2cc([C@H]3CC[C@@H](OC(=O)N4CCC4(C)C)C3)[nH]n2)cn1. The van der Waals surface area contributed by atoms with Gasteiger partial charge in [-0.3, -0.25) is 14.6 Å². The smallest absolute Gasteiger partial charge is 0.410 e. The summed E-state index contributed by atoms with van der Waals surface area (Å²) in [6, 6.07) is 1.87. The lowest BCUT2D eigenvalue weighted by molar-refractivity contribution is -0.115. The van der Waals surface area contributed by atoms with Gasteiger partial charge >= 0.3 is 6.09 Å². The van der Waals surface area contributed by atoms with Crippen LogP contribution < -0.4 is 5.32 Å². The fourth-order valence-corrected chi connectivity index (χ4v) is 4.09. The van der Waals surface area contributed by atoms with Gasteiger partial charge in [-0.2, -0.15) is 10.2 Å². The number of aromatic nitrogens is 4. The number of anilines is 1. The Bertz CT molecular complexity index is 902. The van der Waals surface area contributed by atoms with E-state index in [-0.39, 0.29) is 36.0 Å². The van der Waals surface area contributed by atoms with Crippen molar-refractivity contribution in [3.05, 3.63) is 29.7 Å². The molecule has 9 nitrogen and oxygen atoms in total. The highest BCUT2D eigenvalue weighted by atomic mass is 16.6. The van der Waals surface area contributed by atoms with Crippen molar-refractivity contribution in [3.8, 4) is 0 Å². The molecule has 1 saturated carbocycles. The summed E-state index contributed by atoms with van der Waals surface area (Å²) in [7, 11) is 1.82. The Morgan fingerprint density at radius 3 is 2.86 bits per heavy atom. The normalized spacial score (nSPS) is 22.9.